The molecule has 4 aromatic rings. The van der Waals surface area contributed by atoms with Crippen molar-refractivity contribution in [2.24, 2.45) is 0 Å². The van der Waals surface area contributed by atoms with Crippen molar-refractivity contribution in [2.45, 2.75) is 128 Å². The first-order chi connectivity index (χ1) is 38.8. The Balaban J connectivity index is 0.000000364. The summed E-state index contributed by atoms with van der Waals surface area (Å²) in [7, 11) is -6.07. The van der Waals surface area contributed by atoms with Crippen LogP contribution in [0, 0.1) is 24.2 Å². The van der Waals surface area contributed by atoms with Crippen molar-refractivity contribution in [1.29, 1.82) is 0 Å². The molecule has 7 aliphatic rings. The Bertz CT molecular complexity index is 3420. The molecule has 0 N–H and O–H groups in total. The molecule has 4 aromatic carbocycles. The van der Waals surface area contributed by atoms with Crippen molar-refractivity contribution in [3.63, 3.8) is 0 Å². The number of allylic oxidation sites excluding steroid dienone is 16. The van der Waals surface area contributed by atoms with Crippen molar-refractivity contribution in [3.05, 3.63) is 229 Å². The second kappa shape index (κ2) is 36.8. The van der Waals surface area contributed by atoms with Gasteiger partial charge in [0.25, 0.3) is 0 Å². The van der Waals surface area contributed by atoms with Gasteiger partial charge in [0, 0.05) is 77.3 Å². The zero-order valence-corrected chi connectivity index (χ0v) is 74.8. The molecule has 0 amide bonds. The van der Waals surface area contributed by atoms with Gasteiger partial charge in [-0.1, -0.05) is 288 Å². The van der Waals surface area contributed by atoms with Gasteiger partial charge in [-0.25, -0.2) is 0 Å². The summed E-state index contributed by atoms with van der Waals surface area (Å²) in [5, 5.41) is 3.29. The topological polar surface area (TPSA) is 0 Å². The minimum Gasteiger partial charge on any atom is -1.00 e. The molecule has 0 saturated carbocycles. The average Bonchev–Trinajstić information content (AvgIpc) is 3.91. The Labute approximate surface area is 632 Å². The number of rotatable bonds is 7. The Morgan fingerprint density at radius 2 is 0.952 bits per heavy atom. The number of terminal acetylenes is 1. The predicted molar refractivity (Wildman–Crippen MR) is 439 cm³/mol. The molecular formula is C68H77Br4ClI6LiSi4-. The number of benzene rings is 4. The fourth-order valence-electron chi connectivity index (χ4n) is 13.3. The van der Waals surface area contributed by atoms with Gasteiger partial charge in [0.1, 0.15) is 0 Å². The maximum Gasteiger partial charge on any atom is 1.00 e. The van der Waals surface area contributed by atoms with Gasteiger partial charge in [-0.05, 0) is 134 Å². The van der Waals surface area contributed by atoms with Gasteiger partial charge in [-0.2, -0.15) is 11.1 Å². The molecule has 0 fully saturated rings. The van der Waals surface area contributed by atoms with Crippen LogP contribution in [0.25, 0.3) is 24.3 Å². The molecule has 0 aromatic heterocycles. The van der Waals surface area contributed by atoms with E-state index in [-0.39, 0.29) is 44.3 Å². The van der Waals surface area contributed by atoms with E-state index in [1.165, 1.54) is 84.7 Å². The Morgan fingerprint density at radius 3 is 1.29 bits per heavy atom. The first-order valence-electron chi connectivity index (χ1n) is 27.3. The maximum absolute atomic E-state index is 6.60. The molecule has 444 valence electrons. The van der Waals surface area contributed by atoms with Gasteiger partial charge >= 0.3 is 69.3 Å². The summed E-state index contributed by atoms with van der Waals surface area (Å²) < 4.78 is 4.87. The van der Waals surface area contributed by atoms with Crippen LogP contribution in [0.4, 0.5) is 0 Å². The van der Waals surface area contributed by atoms with Crippen LogP contribution in [0.15, 0.2) is 184 Å². The number of fused-ring (bicyclic) bond motifs is 4. The molecule has 0 bridgehead atoms. The molecule has 4 unspecified atom stereocenters. The molecule has 7 aliphatic carbocycles. The summed E-state index contributed by atoms with van der Waals surface area (Å²) in [6.07, 6.45) is 39.5. The van der Waals surface area contributed by atoms with Crippen molar-refractivity contribution in [1.82, 2.24) is 0 Å². The first-order valence-corrected chi connectivity index (χ1v) is 62.7. The van der Waals surface area contributed by atoms with Crippen LogP contribution in [0.3, 0.4) is 0 Å². The van der Waals surface area contributed by atoms with Crippen LogP contribution in [0.1, 0.15) is 116 Å². The van der Waals surface area contributed by atoms with E-state index in [9.17, 15) is 0 Å². The molecule has 0 radical (unpaired) electrons. The molecule has 11 rings (SSSR count). The Kier molecular flexibility index (Phi) is 34.9. The molecule has 0 aliphatic heterocycles. The van der Waals surface area contributed by atoms with Crippen LogP contribution >= 0.6 is 173 Å². The second-order valence-electron chi connectivity index (χ2n) is 23.6. The Hall–Kier alpha value is 1.45. The van der Waals surface area contributed by atoms with Crippen LogP contribution in [0.5, 0.6) is 0 Å². The van der Waals surface area contributed by atoms with E-state index in [1.807, 2.05) is 0 Å². The maximum atomic E-state index is 6.60. The molecular weight excluding hydrogens is 2050 g/mol. The summed E-state index contributed by atoms with van der Waals surface area (Å²) in [6, 6.07) is 26.3. The molecule has 16 heteroatoms. The van der Waals surface area contributed by atoms with E-state index >= 15 is 0 Å². The van der Waals surface area contributed by atoms with Gasteiger partial charge < -0.3 is 1.43 Å². The van der Waals surface area contributed by atoms with Gasteiger partial charge in [0.05, 0.1) is 24.2 Å². The number of hydrogen-bond donors (Lipinski definition) is 0. The van der Waals surface area contributed by atoms with Gasteiger partial charge in [0.2, 0.25) is 0 Å². The van der Waals surface area contributed by atoms with E-state index in [0.717, 1.165) is 12.8 Å². The molecule has 0 nitrogen and oxygen atoms in total. The number of hydrogen-bond acceptors (Lipinski definition) is 0. The molecule has 0 heterocycles. The van der Waals surface area contributed by atoms with E-state index < -0.39 is 31.6 Å². The minimum atomic E-state index is -1.68. The third kappa shape index (κ3) is 19.5. The van der Waals surface area contributed by atoms with Gasteiger partial charge in [-0.3, -0.25) is 0 Å². The molecule has 84 heavy (non-hydrogen) atoms. The third-order valence-corrected chi connectivity index (χ3v) is 34.9. The summed E-state index contributed by atoms with van der Waals surface area (Å²) in [4.78, 5) is 0. The SMILES string of the molecule is C#CC#CC.CC1=Cc2c(Br)cccc2C1[Si](C)(C)C1=CC=CC1.CC1=Cc2c(Br)cccc2C1[Si](C)(C)C1=CCC=C1.CC1=Cc2c(Br)cccc2C1[Si](C)(C)C1C=CC=C1.CC1=Cc2c(Br)cccc2C1[Si](C)(C)Cl.I.II.I[I-]I.[H-].[Li+]. The van der Waals surface area contributed by atoms with E-state index in [4.69, 9.17) is 17.5 Å². The Morgan fingerprint density at radius 1 is 0.583 bits per heavy atom. The van der Waals surface area contributed by atoms with E-state index in [2.05, 4.69) is 394 Å². The van der Waals surface area contributed by atoms with Crippen LogP contribution < -0.4 is 32.1 Å². The third-order valence-electron chi connectivity index (χ3n) is 16.7. The van der Waals surface area contributed by atoms with Crippen LogP contribution in [-0.4, -0.2) is 31.6 Å². The van der Waals surface area contributed by atoms with Crippen molar-refractivity contribution in [3.8, 4) is 24.2 Å². The molecule has 0 saturated heterocycles. The zero-order valence-electron chi connectivity index (χ0n) is 51.6. The normalized spacial score (nSPS) is 18.7. The zero-order chi connectivity index (χ0) is 60.9. The fourth-order valence-corrected chi connectivity index (χ4v) is 29.8. The fraction of sp³-hybridized carbons (Fsp3) is 0.294. The summed E-state index contributed by atoms with van der Waals surface area (Å²) in [5.41, 5.74) is 20.5. The standard InChI is InChI=1S/3C17H19BrSi.C12H14BrClSi.C5H4.I3.I2.HI.Li.H/c3*1-12-11-15-14(9-6-10-16(15)18)17(12)19(2,3)13-7-4-5-8-13;1-8-7-10-9(5-4-6-11(10)13)12(8)15(2,3)14;1-3-5-4-2;1-3-2;1-2;;;/h4,6-11,17H,5H2,1-3H3;4-7,9-11,17H,8H2,1-3H3;4-11,13,17H,1-3H3;4-7,12H,1-3H3;1H,2H3;;;1H;;/q;;;;;-1;;;+1;-1. The van der Waals surface area contributed by atoms with E-state index in [0.29, 0.717) is 41.0 Å². The molecule has 4 atom stereocenters. The van der Waals surface area contributed by atoms with Crippen molar-refractivity contribution < 1.29 is 33.5 Å². The van der Waals surface area contributed by atoms with Crippen molar-refractivity contribution >= 4 is 229 Å². The van der Waals surface area contributed by atoms with Crippen LogP contribution in [0.2, 0.25) is 57.9 Å². The van der Waals surface area contributed by atoms with Crippen molar-refractivity contribution in [2.75, 3.05) is 0 Å². The summed E-state index contributed by atoms with van der Waals surface area (Å²) >= 11 is 30.8. The second-order valence-corrected chi connectivity index (χ2v) is 64.0. The van der Waals surface area contributed by atoms with Gasteiger partial charge in [0.15, 0.2) is 7.38 Å². The predicted octanol–water partition coefficient (Wildman–Crippen LogP) is 20.8. The largest absolute Gasteiger partial charge is 1.00 e. The monoisotopic (exact) mass is 2120 g/mol. The van der Waals surface area contributed by atoms with Gasteiger partial charge in [-0.15, -0.1) is 30.4 Å². The summed E-state index contributed by atoms with van der Waals surface area (Å²) in [5.74, 6) is 7.08. The molecule has 0 spiro atoms. The first kappa shape index (κ1) is 79.7. The average molecular weight is 2130 g/mol. The smallest absolute Gasteiger partial charge is 1.00 e. The quantitative estimate of drug-likeness (QED) is 0.0749. The van der Waals surface area contributed by atoms with Crippen LogP contribution in [-0.2, 0) is 0 Å². The van der Waals surface area contributed by atoms with E-state index in [1.54, 1.807) is 17.3 Å². The minimum absolute atomic E-state index is 0. The number of halogens is 11. The summed E-state index contributed by atoms with van der Waals surface area (Å²) in [6.45, 7) is 30.3.